The molecule has 0 saturated heterocycles. The highest BCUT2D eigenvalue weighted by atomic mass is 31.2. The second-order valence-electron chi connectivity index (χ2n) is 7.58. The standard InChI is InChI=1S/C22H43O7P/c1-3-4-5-6-7-8-9-10-11-12-13-14-15-16-17-18-22(24)29-21(19-23)20-28-30(25,26)27-2/h10-11,21,23H,3-9,12-20H2,1-2H3,(H,25,26)/b11-10-/t21-/m1/s1. The number of rotatable bonds is 21. The maximum absolute atomic E-state index is 11.8. The summed E-state index contributed by atoms with van der Waals surface area (Å²) in [5, 5.41) is 9.17. The average molecular weight is 451 g/mol. The number of phosphoric acid groups is 1. The minimum Gasteiger partial charge on any atom is -0.457 e. The summed E-state index contributed by atoms with van der Waals surface area (Å²) in [4.78, 5) is 20.9. The van der Waals surface area contributed by atoms with Gasteiger partial charge in [-0.05, 0) is 32.1 Å². The van der Waals surface area contributed by atoms with Crippen molar-refractivity contribution >= 4 is 13.8 Å². The SMILES string of the molecule is CCCCCCCC/C=C\CCCCCCCC(=O)O[C@H](CO)COP(=O)(O)OC. The summed E-state index contributed by atoms with van der Waals surface area (Å²) in [7, 11) is -3.11. The fourth-order valence-corrected chi connectivity index (χ4v) is 3.40. The molecule has 0 aliphatic heterocycles. The van der Waals surface area contributed by atoms with Crippen LogP contribution in [-0.4, -0.2) is 42.4 Å². The lowest BCUT2D eigenvalue weighted by Crippen LogP contribution is -2.26. The molecule has 1 unspecified atom stereocenters. The summed E-state index contributed by atoms with van der Waals surface area (Å²) < 4.78 is 25.1. The first kappa shape index (κ1) is 29.3. The zero-order valence-corrected chi connectivity index (χ0v) is 19.8. The maximum atomic E-state index is 11.8. The predicted octanol–water partition coefficient (Wildman–Crippen LogP) is 5.69. The Morgan fingerprint density at radius 2 is 1.47 bits per heavy atom. The van der Waals surface area contributed by atoms with Gasteiger partial charge in [0.15, 0.2) is 0 Å². The van der Waals surface area contributed by atoms with Gasteiger partial charge in [0.25, 0.3) is 0 Å². The number of ether oxygens (including phenoxy) is 1. The first-order valence-corrected chi connectivity index (χ1v) is 12.9. The molecule has 0 aromatic heterocycles. The fourth-order valence-electron chi connectivity index (χ4n) is 2.94. The zero-order chi connectivity index (χ0) is 22.5. The van der Waals surface area contributed by atoms with Crippen molar-refractivity contribution in [2.75, 3.05) is 20.3 Å². The highest BCUT2D eigenvalue weighted by Crippen LogP contribution is 2.41. The number of carbonyl (C=O) groups excluding carboxylic acids is 1. The first-order chi connectivity index (χ1) is 14.4. The highest BCUT2D eigenvalue weighted by Gasteiger charge is 2.23. The Morgan fingerprint density at radius 1 is 0.933 bits per heavy atom. The molecule has 0 aromatic rings. The quantitative estimate of drug-likeness (QED) is 0.100. The van der Waals surface area contributed by atoms with E-state index in [1.54, 1.807) is 0 Å². The van der Waals surface area contributed by atoms with Gasteiger partial charge in [-0.25, -0.2) is 4.57 Å². The van der Waals surface area contributed by atoms with Crippen molar-refractivity contribution in [1.29, 1.82) is 0 Å². The van der Waals surface area contributed by atoms with E-state index in [0.717, 1.165) is 39.2 Å². The number of aliphatic hydroxyl groups is 1. The molecule has 0 aromatic carbocycles. The number of unbranched alkanes of at least 4 members (excludes halogenated alkanes) is 11. The number of hydrogen-bond acceptors (Lipinski definition) is 6. The van der Waals surface area contributed by atoms with Crippen LogP contribution in [0.15, 0.2) is 12.2 Å². The van der Waals surface area contributed by atoms with Crippen molar-refractivity contribution in [3.05, 3.63) is 12.2 Å². The molecule has 2 N–H and O–H groups in total. The van der Waals surface area contributed by atoms with Crippen molar-refractivity contribution in [3.8, 4) is 0 Å². The minimum atomic E-state index is -4.14. The summed E-state index contributed by atoms with van der Waals surface area (Å²) in [5.41, 5.74) is 0. The van der Waals surface area contributed by atoms with E-state index < -0.39 is 33.1 Å². The van der Waals surface area contributed by atoms with Crippen LogP contribution in [0.3, 0.4) is 0 Å². The van der Waals surface area contributed by atoms with E-state index in [2.05, 4.69) is 28.1 Å². The van der Waals surface area contributed by atoms with E-state index in [-0.39, 0.29) is 6.42 Å². The second kappa shape index (κ2) is 20.2. The van der Waals surface area contributed by atoms with Gasteiger partial charge in [-0.1, -0.05) is 70.4 Å². The number of phosphoric ester groups is 1. The molecule has 0 spiro atoms. The lowest BCUT2D eigenvalue weighted by atomic mass is 10.1. The van der Waals surface area contributed by atoms with E-state index in [1.807, 2.05) is 0 Å². The van der Waals surface area contributed by atoms with Crippen molar-refractivity contribution in [2.24, 2.45) is 0 Å². The molecule has 0 aliphatic carbocycles. The summed E-state index contributed by atoms with van der Waals surface area (Å²) >= 11 is 0. The van der Waals surface area contributed by atoms with Crippen LogP contribution in [0.2, 0.25) is 0 Å². The minimum absolute atomic E-state index is 0.260. The molecule has 30 heavy (non-hydrogen) atoms. The van der Waals surface area contributed by atoms with E-state index in [1.165, 1.54) is 51.4 Å². The zero-order valence-electron chi connectivity index (χ0n) is 18.9. The average Bonchev–Trinajstić information content (AvgIpc) is 2.73. The second-order valence-corrected chi connectivity index (χ2v) is 9.14. The molecule has 0 bridgehead atoms. The molecular formula is C22H43O7P. The third-order valence-electron chi connectivity index (χ3n) is 4.80. The smallest absolute Gasteiger partial charge is 0.457 e. The van der Waals surface area contributed by atoms with Crippen molar-refractivity contribution in [2.45, 2.75) is 103 Å². The lowest BCUT2D eigenvalue weighted by molar-refractivity contribution is -0.153. The van der Waals surface area contributed by atoms with E-state index >= 15 is 0 Å². The van der Waals surface area contributed by atoms with Gasteiger partial charge in [0.2, 0.25) is 0 Å². The van der Waals surface area contributed by atoms with Gasteiger partial charge in [-0.2, -0.15) is 0 Å². The fraction of sp³-hybridized carbons (Fsp3) is 0.864. The summed E-state index contributed by atoms with van der Waals surface area (Å²) in [6, 6.07) is 0. The number of allylic oxidation sites excluding steroid dienone is 2. The molecule has 178 valence electrons. The van der Waals surface area contributed by atoms with Crippen LogP contribution in [0.25, 0.3) is 0 Å². The van der Waals surface area contributed by atoms with Gasteiger partial charge in [-0.3, -0.25) is 13.8 Å². The molecule has 0 rings (SSSR count). The Balaban J connectivity index is 3.55. The highest BCUT2D eigenvalue weighted by molar-refractivity contribution is 7.47. The Morgan fingerprint density at radius 3 is 2.00 bits per heavy atom. The van der Waals surface area contributed by atoms with Gasteiger partial charge in [-0.15, -0.1) is 0 Å². The lowest BCUT2D eigenvalue weighted by Gasteiger charge is -2.17. The molecule has 0 aliphatic rings. The maximum Gasteiger partial charge on any atom is 0.472 e. The molecule has 0 amide bonds. The number of carbonyl (C=O) groups is 1. The van der Waals surface area contributed by atoms with Crippen molar-refractivity contribution < 1.29 is 33.1 Å². The first-order valence-electron chi connectivity index (χ1n) is 11.4. The third kappa shape index (κ3) is 19.3. The Hall–Kier alpha value is -0.720. The van der Waals surface area contributed by atoms with Gasteiger partial charge < -0.3 is 14.7 Å². The number of hydrogen-bond donors (Lipinski definition) is 2. The van der Waals surface area contributed by atoms with Crippen LogP contribution in [0, 0.1) is 0 Å². The van der Waals surface area contributed by atoms with E-state index in [0.29, 0.717) is 0 Å². The number of aliphatic hydroxyl groups excluding tert-OH is 1. The monoisotopic (exact) mass is 450 g/mol. The van der Waals surface area contributed by atoms with Crippen LogP contribution in [0.5, 0.6) is 0 Å². The Kier molecular flexibility index (Phi) is 19.7. The molecule has 7 nitrogen and oxygen atoms in total. The topological polar surface area (TPSA) is 102 Å². The molecular weight excluding hydrogens is 407 g/mol. The van der Waals surface area contributed by atoms with Gasteiger partial charge in [0.05, 0.1) is 13.2 Å². The molecule has 0 saturated carbocycles. The van der Waals surface area contributed by atoms with Crippen LogP contribution in [-0.2, 0) is 23.1 Å². The van der Waals surface area contributed by atoms with Crippen LogP contribution in [0.4, 0.5) is 0 Å². The number of esters is 1. The van der Waals surface area contributed by atoms with Crippen LogP contribution in [0.1, 0.15) is 96.8 Å². The van der Waals surface area contributed by atoms with Crippen LogP contribution < -0.4 is 0 Å². The third-order valence-corrected chi connectivity index (χ3v) is 5.74. The molecule has 0 radical (unpaired) electrons. The van der Waals surface area contributed by atoms with Crippen molar-refractivity contribution in [1.82, 2.24) is 0 Å². The Bertz CT molecular complexity index is 482. The van der Waals surface area contributed by atoms with Crippen molar-refractivity contribution in [3.63, 3.8) is 0 Å². The molecule has 0 fully saturated rings. The largest absolute Gasteiger partial charge is 0.472 e. The van der Waals surface area contributed by atoms with E-state index in [4.69, 9.17) is 9.63 Å². The summed E-state index contributed by atoms with van der Waals surface area (Å²) in [5.74, 6) is -0.444. The predicted molar refractivity (Wildman–Crippen MR) is 119 cm³/mol. The van der Waals surface area contributed by atoms with Crippen LogP contribution >= 0.6 is 7.82 Å². The Labute approximate surface area is 182 Å². The van der Waals surface area contributed by atoms with E-state index in [9.17, 15) is 14.5 Å². The molecule has 0 heterocycles. The molecule has 2 atom stereocenters. The molecule has 8 heteroatoms. The summed E-state index contributed by atoms with van der Waals surface area (Å²) in [6.07, 6.45) is 19.3. The van der Waals surface area contributed by atoms with Gasteiger partial charge in [0.1, 0.15) is 6.10 Å². The van der Waals surface area contributed by atoms with Gasteiger partial charge in [0, 0.05) is 13.5 Å². The summed E-state index contributed by atoms with van der Waals surface area (Å²) in [6.45, 7) is 1.37. The normalized spacial score (nSPS) is 14.7. The van der Waals surface area contributed by atoms with Gasteiger partial charge >= 0.3 is 13.8 Å².